The zero-order chi connectivity index (χ0) is 13.9. The van der Waals surface area contributed by atoms with E-state index >= 15 is 0 Å². The number of unbranched alkanes of at least 4 members (excludes halogenated alkanes) is 8. The summed E-state index contributed by atoms with van der Waals surface area (Å²) in [4.78, 5) is 23.9. The van der Waals surface area contributed by atoms with Crippen molar-refractivity contribution in [2.24, 2.45) is 0 Å². The number of halogens is 1. The predicted octanol–water partition coefficient (Wildman–Crippen LogP) is 3.82. The van der Waals surface area contributed by atoms with Gasteiger partial charge >= 0.3 is 0 Å². The lowest BCUT2D eigenvalue weighted by atomic mass is 10.1. The van der Waals surface area contributed by atoms with Gasteiger partial charge in [0.25, 0.3) is 11.8 Å². The number of carbonyl (C=O) groups is 2. The van der Waals surface area contributed by atoms with Gasteiger partial charge in [-0.1, -0.05) is 60.9 Å². The third kappa shape index (κ3) is 6.90. The van der Waals surface area contributed by atoms with Crippen LogP contribution in [0.1, 0.15) is 57.8 Å². The van der Waals surface area contributed by atoms with E-state index in [1.807, 2.05) is 0 Å². The largest absolute Gasteiger partial charge is 0.275 e. The first kappa shape index (κ1) is 16.4. The van der Waals surface area contributed by atoms with Gasteiger partial charge in [-0.15, -0.1) is 0 Å². The Morgan fingerprint density at radius 2 is 1.16 bits per heavy atom. The van der Waals surface area contributed by atoms with Crippen molar-refractivity contribution >= 4 is 27.7 Å². The summed E-state index contributed by atoms with van der Waals surface area (Å²) in [5, 5.41) is 1.12. The van der Waals surface area contributed by atoms with Crippen molar-refractivity contribution in [3.05, 3.63) is 12.2 Å². The highest BCUT2D eigenvalue weighted by Gasteiger charge is 2.21. The van der Waals surface area contributed by atoms with Gasteiger partial charge < -0.3 is 0 Å². The minimum atomic E-state index is -0.156. The molecule has 0 aliphatic carbocycles. The molecule has 0 spiro atoms. The molecule has 0 saturated heterocycles. The zero-order valence-corrected chi connectivity index (χ0v) is 13.2. The quantitative estimate of drug-likeness (QED) is 0.328. The fourth-order valence-corrected chi connectivity index (χ4v) is 2.65. The zero-order valence-electron chi connectivity index (χ0n) is 11.6. The minimum Gasteiger partial charge on any atom is -0.275 e. The molecule has 0 N–H and O–H groups in total. The van der Waals surface area contributed by atoms with Crippen LogP contribution >= 0.6 is 15.9 Å². The van der Waals surface area contributed by atoms with Crippen LogP contribution in [0.15, 0.2) is 12.2 Å². The number of nitrogens with zero attached hydrogens (tertiary/aromatic N) is 1. The van der Waals surface area contributed by atoms with Crippen molar-refractivity contribution < 1.29 is 9.59 Å². The Morgan fingerprint density at radius 1 is 0.737 bits per heavy atom. The van der Waals surface area contributed by atoms with E-state index in [9.17, 15) is 9.59 Å². The monoisotopic (exact) mass is 329 g/mol. The van der Waals surface area contributed by atoms with Crippen LogP contribution in [-0.2, 0) is 9.59 Å². The van der Waals surface area contributed by atoms with Crippen molar-refractivity contribution in [3.8, 4) is 0 Å². The average molecular weight is 330 g/mol. The maximum absolute atomic E-state index is 11.3. The average Bonchev–Trinajstić information content (AvgIpc) is 2.72. The molecule has 4 heteroatoms. The Hall–Kier alpha value is -0.640. The smallest absolute Gasteiger partial charge is 0.253 e. The van der Waals surface area contributed by atoms with E-state index in [0.29, 0.717) is 6.54 Å². The van der Waals surface area contributed by atoms with Crippen LogP contribution in [0.2, 0.25) is 0 Å². The van der Waals surface area contributed by atoms with Gasteiger partial charge in [0.2, 0.25) is 0 Å². The van der Waals surface area contributed by atoms with Gasteiger partial charge in [0, 0.05) is 24.0 Å². The molecule has 0 aromatic rings. The van der Waals surface area contributed by atoms with Crippen molar-refractivity contribution in [1.82, 2.24) is 4.90 Å². The predicted molar refractivity (Wildman–Crippen MR) is 81.2 cm³/mol. The maximum atomic E-state index is 11.3. The molecule has 0 unspecified atom stereocenters. The SMILES string of the molecule is O=C1C=CC(=O)N1CCCCCCCCCCCBr. The van der Waals surface area contributed by atoms with Crippen molar-refractivity contribution in [2.45, 2.75) is 57.8 Å². The molecule has 1 aliphatic heterocycles. The van der Waals surface area contributed by atoms with Crippen molar-refractivity contribution in [2.75, 3.05) is 11.9 Å². The molecule has 3 nitrogen and oxygen atoms in total. The highest BCUT2D eigenvalue weighted by Crippen LogP contribution is 2.11. The van der Waals surface area contributed by atoms with Crippen LogP contribution in [0.3, 0.4) is 0 Å². The summed E-state index contributed by atoms with van der Waals surface area (Å²) in [6.07, 6.45) is 13.8. The van der Waals surface area contributed by atoms with Gasteiger partial charge in [0.1, 0.15) is 0 Å². The van der Waals surface area contributed by atoms with Gasteiger partial charge in [-0.25, -0.2) is 0 Å². The molecule has 0 saturated carbocycles. The maximum Gasteiger partial charge on any atom is 0.253 e. The van der Waals surface area contributed by atoms with E-state index in [4.69, 9.17) is 0 Å². The third-order valence-corrected chi connectivity index (χ3v) is 3.98. The number of hydrogen-bond acceptors (Lipinski definition) is 2. The molecule has 19 heavy (non-hydrogen) atoms. The number of carbonyl (C=O) groups excluding carboxylic acids is 2. The molecule has 1 heterocycles. The Bertz CT molecular complexity index is 297. The molecule has 0 aromatic carbocycles. The summed E-state index contributed by atoms with van der Waals surface area (Å²) in [5.74, 6) is -0.311. The van der Waals surface area contributed by atoms with Crippen LogP contribution in [0.25, 0.3) is 0 Å². The van der Waals surface area contributed by atoms with Gasteiger partial charge in [0.05, 0.1) is 0 Å². The van der Waals surface area contributed by atoms with E-state index < -0.39 is 0 Å². The summed E-state index contributed by atoms with van der Waals surface area (Å²) in [5.41, 5.74) is 0. The number of alkyl halides is 1. The second-order valence-corrected chi connectivity index (χ2v) is 5.83. The van der Waals surface area contributed by atoms with Crippen molar-refractivity contribution in [3.63, 3.8) is 0 Å². The van der Waals surface area contributed by atoms with Crippen LogP contribution in [0.5, 0.6) is 0 Å². The Balaban J connectivity index is 1.86. The van der Waals surface area contributed by atoms with Crippen molar-refractivity contribution in [1.29, 1.82) is 0 Å². The van der Waals surface area contributed by atoms with E-state index in [-0.39, 0.29) is 11.8 Å². The molecule has 0 atom stereocenters. The van der Waals surface area contributed by atoms with Crippen LogP contribution < -0.4 is 0 Å². The van der Waals surface area contributed by atoms with Crippen LogP contribution in [-0.4, -0.2) is 28.6 Å². The summed E-state index contributed by atoms with van der Waals surface area (Å²) in [7, 11) is 0. The molecule has 0 fully saturated rings. The first-order chi connectivity index (χ1) is 9.25. The Morgan fingerprint density at radius 3 is 1.63 bits per heavy atom. The van der Waals surface area contributed by atoms with E-state index in [1.165, 1.54) is 62.0 Å². The lowest BCUT2D eigenvalue weighted by Gasteiger charge is -2.12. The minimum absolute atomic E-state index is 0.156. The van der Waals surface area contributed by atoms with Crippen LogP contribution in [0.4, 0.5) is 0 Å². The normalized spacial score (nSPS) is 14.7. The number of rotatable bonds is 11. The summed E-state index contributed by atoms with van der Waals surface area (Å²) < 4.78 is 0. The Kier molecular flexibility index (Phi) is 8.80. The standard InChI is InChI=1S/C15H24BrNO2/c16-12-8-6-4-2-1-3-5-7-9-13-17-14(18)10-11-15(17)19/h10-11H,1-9,12-13H2. The molecule has 0 radical (unpaired) electrons. The number of imide groups is 1. The van der Waals surface area contributed by atoms with Gasteiger partial charge in [-0.3, -0.25) is 14.5 Å². The van der Waals surface area contributed by atoms with Gasteiger partial charge in [-0.2, -0.15) is 0 Å². The first-order valence-corrected chi connectivity index (χ1v) is 8.47. The highest BCUT2D eigenvalue weighted by atomic mass is 79.9. The molecular formula is C15H24BrNO2. The lowest BCUT2D eigenvalue weighted by molar-refractivity contribution is -0.136. The van der Waals surface area contributed by atoms with E-state index in [2.05, 4.69) is 15.9 Å². The highest BCUT2D eigenvalue weighted by molar-refractivity contribution is 9.09. The Labute approximate surface area is 124 Å². The van der Waals surface area contributed by atoms with Gasteiger partial charge in [-0.05, 0) is 12.8 Å². The summed E-state index contributed by atoms with van der Waals surface area (Å²) >= 11 is 3.44. The first-order valence-electron chi connectivity index (χ1n) is 7.35. The lowest BCUT2D eigenvalue weighted by Crippen LogP contribution is -2.30. The number of hydrogen-bond donors (Lipinski definition) is 0. The summed E-state index contributed by atoms with van der Waals surface area (Å²) in [6.45, 7) is 0.579. The fourth-order valence-electron chi connectivity index (χ4n) is 2.25. The van der Waals surface area contributed by atoms with Crippen LogP contribution in [0, 0.1) is 0 Å². The second-order valence-electron chi connectivity index (χ2n) is 5.03. The molecule has 2 amide bonds. The molecule has 0 aromatic heterocycles. The van der Waals surface area contributed by atoms with Gasteiger partial charge in [0.15, 0.2) is 0 Å². The van der Waals surface area contributed by atoms with E-state index in [0.717, 1.165) is 18.2 Å². The van der Waals surface area contributed by atoms with E-state index in [1.54, 1.807) is 0 Å². The molecule has 1 aliphatic rings. The topological polar surface area (TPSA) is 37.4 Å². The third-order valence-electron chi connectivity index (χ3n) is 3.42. The second kappa shape index (κ2) is 10.2. The molecule has 108 valence electrons. The molecule has 0 bridgehead atoms. The molecular weight excluding hydrogens is 306 g/mol. The summed E-state index contributed by atoms with van der Waals surface area (Å²) in [6, 6.07) is 0. The molecule has 1 rings (SSSR count). The number of amides is 2. The fraction of sp³-hybridized carbons (Fsp3) is 0.733.